The third kappa shape index (κ3) is 3.91. The highest BCUT2D eigenvalue weighted by Gasteiger charge is 2.22. The van der Waals surface area contributed by atoms with E-state index in [0.29, 0.717) is 18.2 Å². The van der Waals surface area contributed by atoms with Crippen LogP contribution < -0.4 is 10.9 Å². The van der Waals surface area contributed by atoms with Crippen molar-refractivity contribution in [3.05, 3.63) is 23.8 Å². The molecule has 0 spiro atoms. The lowest BCUT2D eigenvalue weighted by molar-refractivity contribution is 0.0697. The summed E-state index contributed by atoms with van der Waals surface area (Å²) in [6, 6.07) is 4.33. The molecule has 17 heavy (non-hydrogen) atoms. The minimum Gasteiger partial charge on any atom is -0.478 e. The number of benzene rings is 1. The highest BCUT2D eigenvalue weighted by atomic mass is 16.4. The Morgan fingerprint density at radius 1 is 1.29 bits per heavy atom. The van der Waals surface area contributed by atoms with Crippen molar-refractivity contribution in [1.82, 2.24) is 0 Å². The summed E-state index contributed by atoms with van der Waals surface area (Å²) in [5.74, 6) is -1.01. The predicted octanol–water partition coefficient (Wildman–Crippen LogP) is -0.655. The molecule has 0 fully saturated rings. The Bertz CT molecular complexity index is 424. The molecule has 6 heteroatoms. The van der Waals surface area contributed by atoms with Crippen molar-refractivity contribution in [3.8, 4) is 0 Å². The number of carboxylic acids is 1. The standard InChI is InChI=1S/C11H16B2O4/c1-11(2,3)12-8-6-7(10(14)15)4-5-9(8)13(16)17/h4-6,12,16-17H,1-3H3,(H,14,15). The number of carbonyl (C=O) groups is 1. The summed E-state index contributed by atoms with van der Waals surface area (Å²) in [6.45, 7) is 6.02. The molecule has 1 aromatic rings. The van der Waals surface area contributed by atoms with Gasteiger partial charge in [-0.3, -0.25) is 0 Å². The third-order valence-corrected chi connectivity index (χ3v) is 2.39. The van der Waals surface area contributed by atoms with E-state index in [4.69, 9.17) is 5.11 Å². The second-order valence-corrected chi connectivity index (χ2v) is 5.33. The van der Waals surface area contributed by atoms with Gasteiger partial charge in [0, 0.05) is 0 Å². The predicted molar refractivity (Wildman–Crippen MR) is 69.7 cm³/mol. The Morgan fingerprint density at radius 2 is 1.88 bits per heavy atom. The lowest BCUT2D eigenvalue weighted by Gasteiger charge is -2.19. The van der Waals surface area contributed by atoms with Crippen LogP contribution in [0.3, 0.4) is 0 Å². The number of rotatable bonds is 3. The fourth-order valence-corrected chi connectivity index (χ4v) is 1.72. The lowest BCUT2D eigenvalue weighted by Crippen LogP contribution is -2.46. The van der Waals surface area contributed by atoms with Crippen molar-refractivity contribution < 1.29 is 19.9 Å². The van der Waals surface area contributed by atoms with E-state index >= 15 is 0 Å². The van der Waals surface area contributed by atoms with Crippen LogP contribution in [0, 0.1) is 0 Å². The molecule has 0 radical (unpaired) electrons. The molecule has 0 saturated carbocycles. The van der Waals surface area contributed by atoms with E-state index in [2.05, 4.69) is 0 Å². The zero-order chi connectivity index (χ0) is 13.2. The van der Waals surface area contributed by atoms with Gasteiger partial charge >= 0.3 is 13.1 Å². The molecule has 0 aromatic heterocycles. The molecule has 0 aliphatic rings. The summed E-state index contributed by atoms with van der Waals surface area (Å²) in [4.78, 5) is 10.9. The molecule has 1 aromatic carbocycles. The van der Waals surface area contributed by atoms with Gasteiger partial charge in [0.1, 0.15) is 0 Å². The first-order valence-corrected chi connectivity index (χ1v) is 5.43. The molecule has 0 amide bonds. The van der Waals surface area contributed by atoms with Crippen molar-refractivity contribution in [2.75, 3.05) is 0 Å². The van der Waals surface area contributed by atoms with Gasteiger partial charge in [-0.1, -0.05) is 43.7 Å². The first-order chi connectivity index (χ1) is 7.70. The summed E-state index contributed by atoms with van der Waals surface area (Å²) >= 11 is 0. The molecule has 0 unspecified atom stereocenters. The van der Waals surface area contributed by atoms with Crippen LogP contribution in [0.4, 0.5) is 0 Å². The Labute approximate surface area is 102 Å². The second kappa shape index (κ2) is 4.94. The number of hydrogen-bond donors (Lipinski definition) is 3. The van der Waals surface area contributed by atoms with E-state index in [0.717, 1.165) is 0 Å². The Kier molecular flexibility index (Phi) is 4.01. The van der Waals surface area contributed by atoms with E-state index in [-0.39, 0.29) is 10.9 Å². The van der Waals surface area contributed by atoms with Crippen molar-refractivity contribution in [3.63, 3.8) is 0 Å². The maximum atomic E-state index is 10.9. The average molecular weight is 234 g/mol. The van der Waals surface area contributed by atoms with Gasteiger partial charge in [-0.25, -0.2) is 4.79 Å². The van der Waals surface area contributed by atoms with Crippen LogP contribution in [0.25, 0.3) is 0 Å². The first kappa shape index (κ1) is 13.8. The number of hydrogen-bond acceptors (Lipinski definition) is 3. The molecule has 0 atom stereocenters. The number of aromatic carboxylic acids is 1. The Balaban J connectivity index is 3.21. The van der Waals surface area contributed by atoms with E-state index in [9.17, 15) is 14.8 Å². The lowest BCUT2D eigenvalue weighted by atomic mass is 9.48. The summed E-state index contributed by atoms with van der Waals surface area (Å²) in [7, 11) is -0.989. The average Bonchev–Trinajstić information content (AvgIpc) is 2.14. The summed E-state index contributed by atoms with van der Waals surface area (Å²) in [5, 5.41) is 27.3. The van der Waals surface area contributed by atoms with Crippen LogP contribution in [-0.4, -0.2) is 35.5 Å². The molecule has 4 nitrogen and oxygen atoms in total. The monoisotopic (exact) mass is 234 g/mol. The molecule has 0 aliphatic carbocycles. The van der Waals surface area contributed by atoms with Crippen molar-refractivity contribution in [2.24, 2.45) is 0 Å². The maximum absolute atomic E-state index is 10.9. The van der Waals surface area contributed by atoms with Gasteiger partial charge < -0.3 is 15.2 Å². The van der Waals surface area contributed by atoms with Crippen LogP contribution in [0.5, 0.6) is 0 Å². The first-order valence-electron chi connectivity index (χ1n) is 5.43. The third-order valence-electron chi connectivity index (χ3n) is 2.39. The largest absolute Gasteiger partial charge is 0.487 e. The Hall–Kier alpha value is -1.26. The van der Waals surface area contributed by atoms with Gasteiger partial charge in [0.25, 0.3) is 0 Å². The fraction of sp³-hybridized carbons (Fsp3) is 0.364. The molecular formula is C11H16B2O4. The highest BCUT2D eigenvalue weighted by Crippen LogP contribution is 2.19. The fourth-order valence-electron chi connectivity index (χ4n) is 1.72. The highest BCUT2D eigenvalue weighted by molar-refractivity contribution is 6.70. The molecule has 0 heterocycles. The van der Waals surface area contributed by atoms with Crippen LogP contribution >= 0.6 is 0 Å². The van der Waals surface area contributed by atoms with Gasteiger partial charge in [0.2, 0.25) is 0 Å². The van der Waals surface area contributed by atoms with Gasteiger partial charge in [0.05, 0.1) is 5.56 Å². The van der Waals surface area contributed by atoms with E-state index < -0.39 is 13.1 Å². The molecule has 0 saturated heterocycles. The van der Waals surface area contributed by atoms with E-state index in [1.54, 1.807) is 0 Å². The summed E-state index contributed by atoms with van der Waals surface area (Å²) in [6.07, 6.45) is 0. The normalized spacial score (nSPS) is 11.1. The molecule has 3 N–H and O–H groups in total. The minimum absolute atomic E-state index is 0.0548. The van der Waals surface area contributed by atoms with E-state index in [1.807, 2.05) is 20.8 Å². The van der Waals surface area contributed by atoms with Crippen LogP contribution in [0.2, 0.25) is 5.31 Å². The van der Waals surface area contributed by atoms with Crippen LogP contribution in [-0.2, 0) is 0 Å². The molecular weight excluding hydrogens is 218 g/mol. The van der Waals surface area contributed by atoms with Crippen molar-refractivity contribution in [1.29, 1.82) is 0 Å². The zero-order valence-electron chi connectivity index (χ0n) is 10.3. The maximum Gasteiger partial charge on any atom is 0.487 e. The number of carboxylic acid groups (broad SMARTS) is 1. The van der Waals surface area contributed by atoms with Crippen LogP contribution in [0.1, 0.15) is 31.1 Å². The van der Waals surface area contributed by atoms with Gasteiger partial charge in [-0.15, -0.1) is 0 Å². The zero-order valence-corrected chi connectivity index (χ0v) is 10.3. The summed E-state index contributed by atoms with van der Waals surface area (Å²) in [5.41, 5.74) is 1.19. The molecule has 0 bridgehead atoms. The second-order valence-electron chi connectivity index (χ2n) is 5.33. The molecule has 1 rings (SSSR count). The van der Waals surface area contributed by atoms with Crippen molar-refractivity contribution in [2.45, 2.75) is 26.1 Å². The van der Waals surface area contributed by atoms with Gasteiger partial charge in [-0.05, 0) is 11.5 Å². The molecule has 0 aliphatic heterocycles. The quantitative estimate of drug-likeness (QED) is 0.607. The topological polar surface area (TPSA) is 77.8 Å². The Morgan fingerprint density at radius 3 is 2.29 bits per heavy atom. The van der Waals surface area contributed by atoms with Gasteiger partial charge in [-0.2, -0.15) is 0 Å². The summed E-state index contributed by atoms with van der Waals surface area (Å²) < 4.78 is 0. The SMILES string of the molecule is CC(C)(C)Bc1cc(C(=O)O)ccc1B(O)O. The van der Waals surface area contributed by atoms with Crippen LogP contribution in [0.15, 0.2) is 18.2 Å². The molecule has 90 valence electrons. The minimum atomic E-state index is -1.57. The van der Waals surface area contributed by atoms with E-state index in [1.165, 1.54) is 18.2 Å². The van der Waals surface area contributed by atoms with Gasteiger partial charge in [0.15, 0.2) is 7.28 Å². The smallest absolute Gasteiger partial charge is 0.478 e. The van der Waals surface area contributed by atoms with Crippen molar-refractivity contribution >= 4 is 31.3 Å².